The van der Waals surface area contributed by atoms with E-state index in [9.17, 15) is 0 Å². The van der Waals surface area contributed by atoms with Gasteiger partial charge in [0.1, 0.15) is 11.6 Å². The molecule has 22 heavy (non-hydrogen) atoms. The molecule has 2 aromatic carbocycles. The molecule has 0 amide bonds. The van der Waals surface area contributed by atoms with Crippen LogP contribution < -0.4 is 0 Å². The maximum absolute atomic E-state index is 4.60. The van der Waals surface area contributed by atoms with Gasteiger partial charge in [0.2, 0.25) is 0 Å². The fourth-order valence-corrected chi connectivity index (χ4v) is 2.48. The summed E-state index contributed by atoms with van der Waals surface area (Å²) in [6.07, 6.45) is 0. The number of aromatic amines is 2. The predicted octanol–water partition coefficient (Wildman–Crippen LogP) is 4.24. The molecule has 4 heteroatoms. The number of hydrogen-bond acceptors (Lipinski definition) is 2. The normalized spacial score (nSPS) is 11.2. The van der Waals surface area contributed by atoms with Gasteiger partial charge in [0.25, 0.3) is 0 Å². The van der Waals surface area contributed by atoms with Crippen molar-refractivity contribution in [3.63, 3.8) is 0 Å². The minimum atomic E-state index is 0.783. The summed E-state index contributed by atoms with van der Waals surface area (Å²) in [6, 6.07) is 16.6. The van der Waals surface area contributed by atoms with Crippen LogP contribution in [0.15, 0.2) is 48.5 Å². The van der Waals surface area contributed by atoms with Crippen LogP contribution >= 0.6 is 0 Å². The first-order valence-corrected chi connectivity index (χ1v) is 7.29. The highest BCUT2D eigenvalue weighted by Gasteiger charge is 2.11. The highest BCUT2D eigenvalue weighted by molar-refractivity contribution is 5.77. The van der Waals surface area contributed by atoms with E-state index >= 15 is 0 Å². The summed E-state index contributed by atoms with van der Waals surface area (Å²) in [6.45, 7) is 4.15. The number of aryl methyl sites for hydroxylation is 2. The van der Waals surface area contributed by atoms with Crippen molar-refractivity contribution in [3.8, 4) is 22.8 Å². The minimum Gasteiger partial charge on any atom is -0.321 e. The summed E-state index contributed by atoms with van der Waals surface area (Å²) in [4.78, 5) is 15.8. The Morgan fingerprint density at radius 2 is 0.955 bits per heavy atom. The number of rotatable bonds is 2. The van der Waals surface area contributed by atoms with E-state index in [0.717, 1.165) is 34.1 Å². The Morgan fingerprint density at radius 1 is 0.591 bits per heavy atom. The largest absolute Gasteiger partial charge is 0.321 e. The lowest BCUT2D eigenvalue weighted by Crippen LogP contribution is -1.84. The zero-order chi connectivity index (χ0) is 15.1. The van der Waals surface area contributed by atoms with E-state index in [1.54, 1.807) is 0 Å². The second-order valence-corrected chi connectivity index (χ2v) is 5.60. The van der Waals surface area contributed by atoms with Crippen molar-refractivity contribution in [3.05, 3.63) is 59.7 Å². The standard InChI is InChI=1S/C18H16N4/c1-11-3-7-13(8-4-11)15-19-17-18(20-15)22-16(21-17)14-9-5-12(2)6-10-14/h3-10H,1-2H3,(H,19,20)(H,21,22). The average molecular weight is 288 g/mol. The third-order valence-electron chi connectivity index (χ3n) is 3.80. The van der Waals surface area contributed by atoms with Crippen LogP contribution in [0.2, 0.25) is 0 Å². The summed E-state index contributed by atoms with van der Waals surface area (Å²) in [5.41, 5.74) is 6.17. The van der Waals surface area contributed by atoms with Crippen molar-refractivity contribution in [2.45, 2.75) is 13.8 Å². The third-order valence-corrected chi connectivity index (χ3v) is 3.80. The Labute approximate surface area is 128 Å². The predicted molar refractivity (Wildman–Crippen MR) is 88.6 cm³/mol. The van der Waals surface area contributed by atoms with Gasteiger partial charge in [-0.1, -0.05) is 59.7 Å². The fourth-order valence-electron chi connectivity index (χ4n) is 2.48. The molecule has 0 saturated heterocycles. The topological polar surface area (TPSA) is 57.4 Å². The van der Waals surface area contributed by atoms with Crippen LogP contribution in [0.25, 0.3) is 34.1 Å². The first-order valence-electron chi connectivity index (χ1n) is 7.29. The molecule has 0 aliphatic carbocycles. The van der Waals surface area contributed by atoms with Crippen molar-refractivity contribution in [1.29, 1.82) is 0 Å². The maximum Gasteiger partial charge on any atom is 0.177 e. The number of H-pyrrole nitrogens is 2. The van der Waals surface area contributed by atoms with Gasteiger partial charge in [-0.15, -0.1) is 0 Å². The lowest BCUT2D eigenvalue weighted by Gasteiger charge is -1.98. The molecule has 0 radical (unpaired) electrons. The molecular formula is C18H16N4. The fraction of sp³-hybridized carbons (Fsp3) is 0.111. The van der Waals surface area contributed by atoms with E-state index in [1.807, 2.05) is 0 Å². The van der Waals surface area contributed by atoms with Crippen LogP contribution in [0.5, 0.6) is 0 Å². The van der Waals surface area contributed by atoms with Crippen LogP contribution in [-0.2, 0) is 0 Å². The van der Waals surface area contributed by atoms with Gasteiger partial charge in [0, 0.05) is 11.1 Å². The molecule has 4 rings (SSSR count). The summed E-state index contributed by atoms with van der Waals surface area (Å²) in [7, 11) is 0. The zero-order valence-electron chi connectivity index (χ0n) is 12.5. The molecule has 2 aromatic heterocycles. The Kier molecular flexibility index (Phi) is 2.82. The van der Waals surface area contributed by atoms with Crippen LogP contribution in [0.4, 0.5) is 0 Å². The molecular weight excluding hydrogens is 272 g/mol. The van der Waals surface area contributed by atoms with E-state index in [4.69, 9.17) is 0 Å². The van der Waals surface area contributed by atoms with Gasteiger partial charge in [-0.2, -0.15) is 0 Å². The number of nitrogens with zero attached hydrogens (tertiary/aromatic N) is 2. The van der Waals surface area contributed by atoms with Crippen molar-refractivity contribution in [2.24, 2.45) is 0 Å². The van der Waals surface area contributed by atoms with Gasteiger partial charge in [0.15, 0.2) is 11.3 Å². The number of benzene rings is 2. The molecule has 108 valence electrons. The molecule has 0 bridgehead atoms. The lowest BCUT2D eigenvalue weighted by molar-refractivity contribution is 1.24. The van der Waals surface area contributed by atoms with Crippen LogP contribution in [0.1, 0.15) is 11.1 Å². The summed E-state index contributed by atoms with van der Waals surface area (Å²) < 4.78 is 0. The number of fused-ring (bicyclic) bond motifs is 1. The molecule has 0 aliphatic rings. The molecule has 4 nitrogen and oxygen atoms in total. The van der Waals surface area contributed by atoms with Gasteiger partial charge in [-0.3, -0.25) is 0 Å². The van der Waals surface area contributed by atoms with Gasteiger partial charge in [0.05, 0.1) is 0 Å². The second-order valence-electron chi connectivity index (χ2n) is 5.60. The Bertz CT molecular complexity index is 821. The Morgan fingerprint density at radius 3 is 1.32 bits per heavy atom. The van der Waals surface area contributed by atoms with E-state index in [1.165, 1.54) is 11.1 Å². The number of hydrogen-bond donors (Lipinski definition) is 2. The summed E-state index contributed by atoms with van der Waals surface area (Å²) in [5, 5.41) is 0. The third kappa shape index (κ3) is 2.19. The SMILES string of the molecule is Cc1ccc(-c2nc3[nH]c(-c4ccc(C)cc4)nc3[nH]2)cc1. The van der Waals surface area contributed by atoms with Crippen molar-refractivity contribution in [1.82, 2.24) is 19.9 Å². The zero-order valence-corrected chi connectivity index (χ0v) is 12.5. The van der Waals surface area contributed by atoms with Gasteiger partial charge in [-0.05, 0) is 13.8 Å². The van der Waals surface area contributed by atoms with Gasteiger partial charge >= 0.3 is 0 Å². The van der Waals surface area contributed by atoms with Crippen LogP contribution in [0, 0.1) is 13.8 Å². The first-order chi connectivity index (χ1) is 10.7. The first kappa shape index (κ1) is 12.8. The molecule has 0 spiro atoms. The van der Waals surface area contributed by atoms with Crippen molar-refractivity contribution < 1.29 is 0 Å². The number of aromatic nitrogens is 4. The number of nitrogens with one attached hydrogen (secondary N) is 2. The highest BCUT2D eigenvalue weighted by Crippen LogP contribution is 2.23. The van der Waals surface area contributed by atoms with Crippen LogP contribution in [-0.4, -0.2) is 19.9 Å². The molecule has 0 saturated carbocycles. The maximum atomic E-state index is 4.60. The molecule has 2 N–H and O–H groups in total. The van der Waals surface area contributed by atoms with E-state index in [2.05, 4.69) is 82.3 Å². The molecule has 2 heterocycles. The van der Waals surface area contributed by atoms with E-state index in [-0.39, 0.29) is 0 Å². The summed E-state index contributed by atoms with van der Waals surface area (Å²) >= 11 is 0. The van der Waals surface area contributed by atoms with E-state index in [0.29, 0.717) is 0 Å². The molecule has 4 aromatic rings. The molecule has 0 fully saturated rings. The smallest absolute Gasteiger partial charge is 0.177 e. The molecule has 0 unspecified atom stereocenters. The average Bonchev–Trinajstić information content (AvgIpc) is 3.07. The van der Waals surface area contributed by atoms with Crippen molar-refractivity contribution in [2.75, 3.05) is 0 Å². The quantitative estimate of drug-likeness (QED) is 0.579. The Balaban J connectivity index is 1.73. The molecule has 0 aliphatic heterocycles. The van der Waals surface area contributed by atoms with Gasteiger partial charge < -0.3 is 9.97 Å². The lowest BCUT2D eigenvalue weighted by atomic mass is 10.1. The minimum absolute atomic E-state index is 0.783. The van der Waals surface area contributed by atoms with Crippen molar-refractivity contribution >= 4 is 11.3 Å². The van der Waals surface area contributed by atoms with E-state index < -0.39 is 0 Å². The Hall–Kier alpha value is -2.88. The second kappa shape index (κ2) is 4.84. The summed E-state index contributed by atoms with van der Waals surface area (Å²) in [5.74, 6) is 1.67. The molecule has 0 atom stereocenters. The monoisotopic (exact) mass is 288 g/mol. The van der Waals surface area contributed by atoms with Gasteiger partial charge in [-0.25, -0.2) is 9.97 Å². The van der Waals surface area contributed by atoms with Crippen LogP contribution in [0.3, 0.4) is 0 Å². The highest BCUT2D eigenvalue weighted by atomic mass is 15.1. The number of imidazole rings is 2.